The highest BCUT2D eigenvalue weighted by molar-refractivity contribution is 7.80. The molecule has 3 aromatic rings. The molecule has 2 aromatic carbocycles. The Balaban J connectivity index is 1.70. The van der Waals surface area contributed by atoms with Crippen molar-refractivity contribution in [2.24, 2.45) is 0 Å². The van der Waals surface area contributed by atoms with Crippen molar-refractivity contribution in [3.8, 4) is 11.4 Å². The molecule has 1 fully saturated rings. The number of ether oxygens (including phenoxy) is 1. The summed E-state index contributed by atoms with van der Waals surface area (Å²) in [6.45, 7) is 5.87. The van der Waals surface area contributed by atoms with Crippen LogP contribution in [0.4, 0.5) is 5.69 Å². The Kier molecular flexibility index (Phi) is 5.67. The zero-order valence-electron chi connectivity index (χ0n) is 18.3. The van der Waals surface area contributed by atoms with Gasteiger partial charge in [-0.15, -0.1) is 0 Å². The van der Waals surface area contributed by atoms with E-state index < -0.39 is 11.8 Å². The van der Waals surface area contributed by atoms with Gasteiger partial charge < -0.3 is 9.30 Å². The van der Waals surface area contributed by atoms with E-state index in [2.05, 4.69) is 5.32 Å². The molecule has 0 unspecified atom stereocenters. The molecule has 0 spiro atoms. The van der Waals surface area contributed by atoms with Gasteiger partial charge in [-0.1, -0.05) is 6.07 Å². The standard InChI is InChI=1S/C25H23N3O3S/c1-15-9-16(2)11-20(10-15)28-24(30)22(23(29)26-25(28)32)13-18-12-17(3)27(14-18)19-5-7-21(31-4)8-6-19/h5-14H,1-4H3,(H,26,29,32)/b22-13-. The van der Waals surface area contributed by atoms with Crippen LogP contribution < -0.4 is 15.0 Å². The Bertz CT molecular complexity index is 1250. The molecule has 2 heterocycles. The number of hydrogen-bond donors (Lipinski definition) is 1. The number of methoxy groups -OCH3 is 1. The summed E-state index contributed by atoms with van der Waals surface area (Å²) in [5.41, 5.74) is 5.33. The first kappa shape index (κ1) is 21.5. The van der Waals surface area contributed by atoms with Crippen molar-refractivity contribution in [3.05, 3.63) is 82.7 Å². The summed E-state index contributed by atoms with van der Waals surface area (Å²) in [5.74, 6) is -0.179. The summed E-state index contributed by atoms with van der Waals surface area (Å²) in [6.07, 6.45) is 3.49. The predicted molar refractivity (Wildman–Crippen MR) is 129 cm³/mol. The van der Waals surface area contributed by atoms with E-state index in [9.17, 15) is 9.59 Å². The van der Waals surface area contributed by atoms with Crippen LogP contribution in [0.1, 0.15) is 22.4 Å². The number of rotatable bonds is 4. The number of carbonyl (C=O) groups excluding carboxylic acids is 2. The number of nitrogens with zero attached hydrogens (tertiary/aromatic N) is 2. The molecular weight excluding hydrogens is 422 g/mol. The average molecular weight is 446 g/mol. The number of carbonyl (C=O) groups is 2. The molecule has 4 rings (SSSR count). The van der Waals surface area contributed by atoms with Crippen LogP contribution in [0.3, 0.4) is 0 Å². The first-order valence-electron chi connectivity index (χ1n) is 10.1. The summed E-state index contributed by atoms with van der Waals surface area (Å²) in [4.78, 5) is 27.3. The van der Waals surface area contributed by atoms with Crippen molar-refractivity contribution in [1.82, 2.24) is 9.88 Å². The normalized spacial score (nSPS) is 15.3. The highest BCUT2D eigenvalue weighted by Crippen LogP contribution is 2.25. The van der Waals surface area contributed by atoms with Crippen molar-refractivity contribution in [2.75, 3.05) is 12.0 Å². The lowest BCUT2D eigenvalue weighted by atomic mass is 10.1. The van der Waals surface area contributed by atoms with Crippen molar-refractivity contribution in [1.29, 1.82) is 0 Å². The van der Waals surface area contributed by atoms with Crippen LogP contribution in [-0.2, 0) is 9.59 Å². The van der Waals surface area contributed by atoms with E-state index in [1.54, 1.807) is 13.2 Å². The van der Waals surface area contributed by atoms with Gasteiger partial charge in [0.2, 0.25) is 0 Å². The third-order valence-electron chi connectivity index (χ3n) is 5.26. The van der Waals surface area contributed by atoms with Crippen LogP contribution in [-0.4, -0.2) is 28.6 Å². The number of hydrogen-bond acceptors (Lipinski definition) is 4. The molecule has 1 saturated heterocycles. The van der Waals surface area contributed by atoms with Gasteiger partial charge in [0.05, 0.1) is 12.8 Å². The molecular formula is C25H23N3O3S. The monoisotopic (exact) mass is 445 g/mol. The minimum Gasteiger partial charge on any atom is -0.497 e. The summed E-state index contributed by atoms with van der Waals surface area (Å²) in [7, 11) is 1.62. The van der Waals surface area contributed by atoms with Gasteiger partial charge in [-0.05, 0) is 98.2 Å². The van der Waals surface area contributed by atoms with E-state index in [1.165, 1.54) is 4.90 Å². The van der Waals surface area contributed by atoms with Crippen molar-refractivity contribution >= 4 is 40.9 Å². The molecule has 1 aliphatic rings. The van der Waals surface area contributed by atoms with Crippen molar-refractivity contribution < 1.29 is 14.3 Å². The average Bonchev–Trinajstić information content (AvgIpc) is 3.10. The van der Waals surface area contributed by atoms with Crippen LogP contribution >= 0.6 is 12.2 Å². The van der Waals surface area contributed by atoms with Gasteiger partial charge in [-0.2, -0.15) is 0 Å². The molecule has 2 amide bonds. The maximum Gasteiger partial charge on any atom is 0.270 e. The second-order valence-electron chi connectivity index (χ2n) is 7.79. The summed E-state index contributed by atoms with van der Waals surface area (Å²) < 4.78 is 7.21. The van der Waals surface area contributed by atoms with E-state index in [-0.39, 0.29) is 10.7 Å². The second-order valence-corrected chi connectivity index (χ2v) is 8.17. The van der Waals surface area contributed by atoms with Gasteiger partial charge in [-0.25, -0.2) is 0 Å². The molecule has 0 atom stereocenters. The molecule has 1 aromatic heterocycles. The third kappa shape index (κ3) is 4.07. The molecule has 0 aliphatic carbocycles. The van der Waals surface area contributed by atoms with Gasteiger partial charge >= 0.3 is 0 Å². The fourth-order valence-corrected chi connectivity index (χ4v) is 4.12. The number of nitrogens with one attached hydrogen (secondary N) is 1. The number of anilines is 1. The maximum atomic E-state index is 13.3. The third-order valence-corrected chi connectivity index (χ3v) is 5.55. The Morgan fingerprint density at radius 3 is 2.22 bits per heavy atom. The van der Waals surface area contributed by atoms with Gasteiger partial charge in [0.15, 0.2) is 5.11 Å². The van der Waals surface area contributed by atoms with E-state index in [0.29, 0.717) is 5.69 Å². The van der Waals surface area contributed by atoms with E-state index in [4.69, 9.17) is 17.0 Å². The molecule has 1 aliphatic heterocycles. The minimum atomic E-state index is -0.504. The lowest BCUT2D eigenvalue weighted by Gasteiger charge is -2.29. The van der Waals surface area contributed by atoms with E-state index in [1.807, 2.05) is 80.1 Å². The number of aryl methyl sites for hydroxylation is 3. The van der Waals surface area contributed by atoms with Gasteiger partial charge in [0.1, 0.15) is 11.3 Å². The smallest absolute Gasteiger partial charge is 0.270 e. The van der Waals surface area contributed by atoms with Crippen molar-refractivity contribution in [2.45, 2.75) is 20.8 Å². The number of amides is 2. The van der Waals surface area contributed by atoms with Gasteiger partial charge in [0, 0.05) is 17.6 Å². The largest absolute Gasteiger partial charge is 0.497 e. The summed E-state index contributed by atoms with van der Waals surface area (Å²) in [5, 5.41) is 2.72. The molecule has 0 bridgehead atoms. The van der Waals surface area contributed by atoms with Crippen molar-refractivity contribution in [3.63, 3.8) is 0 Å². The van der Waals surface area contributed by atoms with Gasteiger partial charge in [0.25, 0.3) is 11.8 Å². The molecule has 32 heavy (non-hydrogen) atoms. The summed E-state index contributed by atoms with van der Waals surface area (Å²) >= 11 is 5.31. The van der Waals surface area contributed by atoms with Crippen LogP contribution in [0, 0.1) is 20.8 Å². The molecule has 162 valence electrons. The number of thiocarbonyl (C=S) groups is 1. The highest BCUT2D eigenvalue weighted by Gasteiger charge is 2.34. The maximum absolute atomic E-state index is 13.3. The first-order chi connectivity index (χ1) is 15.3. The summed E-state index contributed by atoms with van der Waals surface area (Å²) in [6, 6.07) is 15.3. The van der Waals surface area contributed by atoms with Crippen LogP contribution in [0.2, 0.25) is 0 Å². The fraction of sp³-hybridized carbons (Fsp3) is 0.160. The Morgan fingerprint density at radius 2 is 1.59 bits per heavy atom. The Labute approximate surface area is 192 Å². The molecule has 7 heteroatoms. The van der Waals surface area contributed by atoms with Crippen LogP contribution in [0.15, 0.2) is 60.3 Å². The zero-order valence-corrected chi connectivity index (χ0v) is 19.1. The number of aromatic nitrogens is 1. The quantitative estimate of drug-likeness (QED) is 0.371. The molecule has 0 radical (unpaired) electrons. The zero-order chi connectivity index (χ0) is 23.0. The predicted octanol–water partition coefficient (Wildman–Crippen LogP) is 4.24. The lowest BCUT2D eigenvalue weighted by molar-refractivity contribution is -0.122. The SMILES string of the molecule is COc1ccc(-n2cc(/C=C3/C(=O)NC(=S)N(c4cc(C)cc(C)c4)C3=O)cc2C)cc1. The lowest BCUT2D eigenvalue weighted by Crippen LogP contribution is -2.54. The van der Waals surface area contributed by atoms with Crippen LogP contribution in [0.5, 0.6) is 5.75 Å². The van der Waals surface area contributed by atoms with Gasteiger partial charge in [-0.3, -0.25) is 19.8 Å². The first-order valence-corrected chi connectivity index (χ1v) is 10.5. The fourth-order valence-electron chi connectivity index (χ4n) is 3.84. The van der Waals surface area contributed by atoms with E-state index >= 15 is 0 Å². The number of benzene rings is 2. The highest BCUT2D eigenvalue weighted by atomic mass is 32.1. The minimum absolute atomic E-state index is 0.0321. The van der Waals surface area contributed by atoms with Crippen LogP contribution in [0.25, 0.3) is 11.8 Å². The topological polar surface area (TPSA) is 63.6 Å². The Morgan fingerprint density at radius 1 is 0.938 bits per heavy atom. The second kappa shape index (κ2) is 8.43. The van der Waals surface area contributed by atoms with E-state index in [0.717, 1.165) is 33.8 Å². The Hall–Kier alpha value is -3.71. The molecule has 0 saturated carbocycles. The molecule has 1 N–H and O–H groups in total. The molecule has 6 nitrogen and oxygen atoms in total.